The minimum Gasteiger partial charge on any atom is -0.237 e. The summed E-state index contributed by atoms with van der Waals surface area (Å²) in [7, 11) is 0. The molecule has 0 N–H and O–H groups in total. The van der Waals surface area contributed by atoms with E-state index in [2.05, 4.69) is 71.6 Å². The Balaban J connectivity index is 2.61. The van der Waals surface area contributed by atoms with Gasteiger partial charge in [0.15, 0.2) is 0 Å². The van der Waals surface area contributed by atoms with Crippen molar-refractivity contribution < 1.29 is 0 Å². The summed E-state index contributed by atoms with van der Waals surface area (Å²) in [6.07, 6.45) is 1.03. The molecule has 2 rings (SSSR count). The Hall–Kier alpha value is -1.09. The molecular formula is C14H17BrN2. The van der Waals surface area contributed by atoms with Crippen LogP contribution in [0.1, 0.15) is 29.4 Å². The molecule has 90 valence electrons. The van der Waals surface area contributed by atoms with Crippen molar-refractivity contribution in [3.05, 3.63) is 45.2 Å². The normalized spacial score (nSPS) is 10.9. The summed E-state index contributed by atoms with van der Waals surface area (Å²) in [5.41, 5.74) is 6.12. The molecule has 2 nitrogen and oxygen atoms in total. The van der Waals surface area contributed by atoms with Crippen molar-refractivity contribution >= 4 is 15.9 Å². The lowest BCUT2D eigenvalue weighted by Crippen LogP contribution is -2.01. The molecule has 0 aliphatic carbocycles. The molecule has 3 heteroatoms. The van der Waals surface area contributed by atoms with E-state index in [1.807, 2.05) is 0 Å². The van der Waals surface area contributed by atoms with E-state index in [0.717, 1.165) is 22.3 Å². The molecule has 1 heterocycles. The van der Waals surface area contributed by atoms with E-state index >= 15 is 0 Å². The minimum atomic E-state index is 1.03. The van der Waals surface area contributed by atoms with Gasteiger partial charge in [-0.3, -0.25) is 0 Å². The van der Waals surface area contributed by atoms with Gasteiger partial charge in [-0.05, 0) is 56.5 Å². The Labute approximate surface area is 111 Å². The number of nitrogens with zero attached hydrogens (tertiary/aromatic N) is 2. The van der Waals surface area contributed by atoms with Crippen molar-refractivity contribution in [2.24, 2.45) is 0 Å². The molecule has 1 aromatic heterocycles. The Morgan fingerprint density at radius 2 is 1.94 bits per heavy atom. The first kappa shape index (κ1) is 12.4. The number of halogens is 1. The Kier molecular flexibility index (Phi) is 3.38. The first-order valence-corrected chi connectivity index (χ1v) is 6.65. The molecule has 0 unspecified atom stereocenters. The molecule has 2 aromatic rings. The number of hydrogen-bond donors (Lipinski definition) is 0. The maximum Gasteiger partial charge on any atom is 0.0678 e. The van der Waals surface area contributed by atoms with Crippen molar-refractivity contribution in [1.29, 1.82) is 0 Å². The predicted octanol–water partition coefficient (Wildman–Crippen LogP) is 4.12. The van der Waals surface area contributed by atoms with E-state index in [9.17, 15) is 0 Å². The van der Waals surface area contributed by atoms with Crippen LogP contribution < -0.4 is 0 Å². The third-order valence-electron chi connectivity index (χ3n) is 3.18. The van der Waals surface area contributed by atoms with Crippen LogP contribution in [0.5, 0.6) is 0 Å². The van der Waals surface area contributed by atoms with Crippen LogP contribution in [0.4, 0.5) is 0 Å². The zero-order valence-corrected chi connectivity index (χ0v) is 12.3. The van der Waals surface area contributed by atoms with Crippen LogP contribution in [0.2, 0.25) is 0 Å². The van der Waals surface area contributed by atoms with Crippen LogP contribution in [0.25, 0.3) is 5.69 Å². The van der Waals surface area contributed by atoms with Crippen LogP contribution in [0.3, 0.4) is 0 Å². The first-order valence-electron chi connectivity index (χ1n) is 5.86. The van der Waals surface area contributed by atoms with E-state index in [-0.39, 0.29) is 0 Å². The molecule has 0 bridgehead atoms. The van der Waals surface area contributed by atoms with Gasteiger partial charge in [-0.25, -0.2) is 4.68 Å². The lowest BCUT2D eigenvalue weighted by Gasteiger charge is -2.09. The molecule has 0 spiro atoms. The Morgan fingerprint density at radius 1 is 1.24 bits per heavy atom. The number of aryl methyl sites for hydroxylation is 2. The lowest BCUT2D eigenvalue weighted by atomic mass is 10.1. The Bertz CT molecular complexity index is 556. The summed E-state index contributed by atoms with van der Waals surface area (Å²) in [5, 5.41) is 4.64. The van der Waals surface area contributed by atoms with Crippen molar-refractivity contribution in [2.45, 2.75) is 34.1 Å². The largest absolute Gasteiger partial charge is 0.237 e. The molecule has 0 atom stereocenters. The molecule has 0 fully saturated rings. The standard InChI is InChI=1S/C14H17BrN2/c1-5-13-10(3)16-17(11(13)4)14-7-6-12(15)8-9(14)2/h6-8H,5H2,1-4H3. The highest BCUT2D eigenvalue weighted by Gasteiger charge is 2.12. The van der Waals surface area contributed by atoms with Crippen LogP contribution in [-0.2, 0) is 6.42 Å². The van der Waals surface area contributed by atoms with Gasteiger partial charge in [-0.15, -0.1) is 0 Å². The summed E-state index contributed by atoms with van der Waals surface area (Å²) >= 11 is 3.49. The van der Waals surface area contributed by atoms with Crippen molar-refractivity contribution in [2.75, 3.05) is 0 Å². The van der Waals surface area contributed by atoms with E-state index in [4.69, 9.17) is 0 Å². The molecule has 0 radical (unpaired) electrons. The van der Waals surface area contributed by atoms with Crippen molar-refractivity contribution in [1.82, 2.24) is 9.78 Å². The summed E-state index contributed by atoms with van der Waals surface area (Å²) in [4.78, 5) is 0. The van der Waals surface area contributed by atoms with Crippen LogP contribution in [0, 0.1) is 20.8 Å². The quantitative estimate of drug-likeness (QED) is 0.814. The monoisotopic (exact) mass is 292 g/mol. The number of rotatable bonds is 2. The van der Waals surface area contributed by atoms with Gasteiger partial charge in [0.05, 0.1) is 11.4 Å². The third-order valence-corrected chi connectivity index (χ3v) is 3.68. The van der Waals surface area contributed by atoms with E-state index in [0.29, 0.717) is 0 Å². The highest BCUT2D eigenvalue weighted by atomic mass is 79.9. The Morgan fingerprint density at radius 3 is 2.47 bits per heavy atom. The maximum atomic E-state index is 4.64. The molecule has 1 aromatic carbocycles. The molecule has 0 saturated carbocycles. The molecule has 0 amide bonds. The average molecular weight is 293 g/mol. The molecular weight excluding hydrogens is 276 g/mol. The molecule has 0 aliphatic rings. The second kappa shape index (κ2) is 4.65. The third kappa shape index (κ3) is 2.16. The van der Waals surface area contributed by atoms with Crippen LogP contribution >= 0.6 is 15.9 Å². The first-order chi connectivity index (χ1) is 8.04. The second-order valence-electron chi connectivity index (χ2n) is 4.35. The fraction of sp³-hybridized carbons (Fsp3) is 0.357. The zero-order valence-electron chi connectivity index (χ0n) is 10.7. The number of benzene rings is 1. The molecule has 0 saturated heterocycles. The van der Waals surface area contributed by atoms with E-state index in [1.54, 1.807) is 0 Å². The van der Waals surface area contributed by atoms with Gasteiger partial charge in [0, 0.05) is 10.2 Å². The summed E-state index contributed by atoms with van der Waals surface area (Å²) < 4.78 is 3.16. The van der Waals surface area contributed by atoms with Gasteiger partial charge in [0.1, 0.15) is 0 Å². The van der Waals surface area contributed by atoms with Crippen molar-refractivity contribution in [3.63, 3.8) is 0 Å². The van der Waals surface area contributed by atoms with Gasteiger partial charge in [0.25, 0.3) is 0 Å². The number of aromatic nitrogens is 2. The molecule has 17 heavy (non-hydrogen) atoms. The second-order valence-corrected chi connectivity index (χ2v) is 5.26. The zero-order chi connectivity index (χ0) is 12.6. The smallest absolute Gasteiger partial charge is 0.0678 e. The van der Waals surface area contributed by atoms with E-state index < -0.39 is 0 Å². The molecule has 0 aliphatic heterocycles. The highest BCUT2D eigenvalue weighted by molar-refractivity contribution is 9.10. The van der Waals surface area contributed by atoms with Gasteiger partial charge < -0.3 is 0 Å². The fourth-order valence-electron chi connectivity index (χ4n) is 2.28. The maximum absolute atomic E-state index is 4.64. The summed E-state index contributed by atoms with van der Waals surface area (Å²) in [5.74, 6) is 0. The number of hydrogen-bond acceptors (Lipinski definition) is 1. The summed E-state index contributed by atoms with van der Waals surface area (Å²) in [6.45, 7) is 8.51. The lowest BCUT2D eigenvalue weighted by molar-refractivity contribution is 0.826. The minimum absolute atomic E-state index is 1.03. The predicted molar refractivity (Wildman–Crippen MR) is 74.9 cm³/mol. The average Bonchev–Trinajstić information content (AvgIpc) is 2.54. The summed E-state index contributed by atoms with van der Waals surface area (Å²) in [6, 6.07) is 6.29. The van der Waals surface area contributed by atoms with Crippen LogP contribution in [0.15, 0.2) is 22.7 Å². The highest BCUT2D eigenvalue weighted by Crippen LogP contribution is 2.23. The van der Waals surface area contributed by atoms with Gasteiger partial charge >= 0.3 is 0 Å². The van der Waals surface area contributed by atoms with Crippen molar-refractivity contribution in [3.8, 4) is 5.69 Å². The van der Waals surface area contributed by atoms with Gasteiger partial charge in [-0.1, -0.05) is 22.9 Å². The SMILES string of the molecule is CCc1c(C)nn(-c2ccc(Br)cc2C)c1C. The fourth-order valence-corrected chi connectivity index (χ4v) is 2.75. The van der Waals surface area contributed by atoms with Crippen LogP contribution in [-0.4, -0.2) is 9.78 Å². The van der Waals surface area contributed by atoms with Gasteiger partial charge in [0.2, 0.25) is 0 Å². The van der Waals surface area contributed by atoms with E-state index in [1.165, 1.54) is 16.8 Å². The topological polar surface area (TPSA) is 17.8 Å². The van der Waals surface area contributed by atoms with Gasteiger partial charge in [-0.2, -0.15) is 5.10 Å².